The predicted octanol–water partition coefficient (Wildman–Crippen LogP) is 4.83. The number of halogens is 2. The minimum absolute atomic E-state index is 0.00442. The molecule has 2 aliphatic carbocycles. The van der Waals surface area contributed by atoms with E-state index >= 15 is 0 Å². The Morgan fingerprint density at radius 1 is 1.09 bits per heavy atom. The number of piperidine rings is 1. The second-order valence-electron chi connectivity index (χ2n) is 10.0. The fourth-order valence-corrected chi connectivity index (χ4v) is 5.65. The number of anilines is 1. The van der Waals surface area contributed by atoms with E-state index in [0.29, 0.717) is 35.6 Å². The molecular formula is C25H27ClFN3O3. The van der Waals surface area contributed by atoms with Crippen LogP contribution in [-0.2, 0) is 9.47 Å². The third-order valence-corrected chi connectivity index (χ3v) is 7.97. The number of rotatable bonds is 5. The van der Waals surface area contributed by atoms with Crippen LogP contribution < -0.4 is 4.90 Å². The minimum Gasteiger partial charge on any atom is -0.348 e. The normalized spacial score (nSPS) is 29.9. The summed E-state index contributed by atoms with van der Waals surface area (Å²) in [5, 5.41) is 0.551. The molecule has 4 fully saturated rings. The molecule has 8 heteroatoms. The summed E-state index contributed by atoms with van der Waals surface area (Å²) in [5.41, 5.74) is 0.912. The molecule has 0 N–H and O–H groups in total. The zero-order valence-corrected chi connectivity index (χ0v) is 19.1. The van der Waals surface area contributed by atoms with Gasteiger partial charge in [0.2, 0.25) is 5.95 Å². The molecular weight excluding hydrogens is 445 g/mol. The third-order valence-electron chi connectivity index (χ3n) is 7.77. The Hall–Kier alpha value is -2.09. The smallest absolute Gasteiger partial charge is 0.225 e. The minimum atomic E-state index is -0.569. The molecule has 174 valence electrons. The molecule has 6 nitrogen and oxygen atoms in total. The lowest BCUT2D eigenvalue weighted by atomic mass is 9.87. The molecule has 2 saturated heterocycles. The van der Waals surface area contributed by atoms with Gasteiger partial charge in [0.05, 0.1) is 36.2 Å². The second-order valence-corrected chi connectivity index (χ2v) is 10.5. The summed E-state index contributed by atoms with van der Waals surface area (Å²) in [6.07, 6.45) is 7.77. The maximum Gasteiger partial charge on any atom is 0.225 e. The van der Waals surface area contributed by atoms with Crippen molar-refractivity contribution in [3.8, 4) is 0 Å². The molecule has 2 aliphatic heterocycles. The lowest BCUT2D eigenvalue weighted by Gasteiger charge is -2.35. The lowest BCUT2D eigenvalue weighted by Crippen LogP contribution is -2.37. The summed E-state index contributed by atoms with van der Waals surface area (Å²) in [7, 11) is 0. The number of aromatic nitrogens is 2. The summed E-state index contributed by atoms with van der Waals surface area (Å²) < 4.78 is 26.7. The molecule has 4 aliphatic rings. The zero-order valence-electron chi connectivity index (χ0n) is 18.4. The Morgan fingerprint density at radius 3 is 2.42 bits per heavy atom. The van der Waals surface area contributed by atoms with E-state index in [0.717, 1.165) is 51.1 Å². The van der Waals surface area contributed by atoms with Gasteiger partial charge in [0.15, 0.2) is 12.1 Å². The summed E-state index contributed by atoms with van der Waals surface area (Å²) in [6, 6.07) is 4.75. The molecule has 1 aromatic heterocycles. The van der Waals surface area contributed by atoms with Crippen LogP contribution in [0.15, 0.2) is 30.6 Å². The highest BCUT2D eigenvalue weighted by molar-refractivity contribution is 6.30. The number of benzene rings is 1. The second kappa shape index (κ2) is 8.29. The van der Waals surface area contributed by atoms with Crippen molar-refractivity contribution < 1.29 is 18.7 Å². The van der Waals surface area contributed by atoms with Crippen LogP contribution >= 0.6 is 11.6 Å². The summed E-state index contributed by atoms with van der Waals surface area (Å²) in [5.74, 6) is 1.43. The van der Waals surface area contributed by atoms with Crippen LogP contribution in [0.3, 0.4) is 0 Å². The topological polar surface area (TPSA) is 64.6 Å². The molecule has 2 saturated carbocycles. The molecule has 0 unspecified atom stereocenters. The number of ketones is 1. The van der Waals surface area contributed by atoms with E-state index in [2.05, 4.69) is 14.9 Å². The van der Waals surface area contributed by atoms with E-state index in [4.69, 9.17) is 21.1 Å². The average Bonchev–Trinajstić information content (AvgIpc) is 3.77. The Kier molecular flexibility index (Phi) is 5.39. The van der Waals surface area contributed by atoms with E-state index in [1.54, 1.807) is 24.5 Å². The Bertz CT molecular complexity index is 1050. The van der Waals surface area contributed by atoms with Gasteiger partial charge < -0.3 is 14.4 Å². The number of hydrogen-bond donors (Lipinski definition) is 0. The number of hydrogen-bond acceptors (Lipinski definition) is 6. The summed E-state index contributed by atoms with van der Waals surface area (Å²) in [6.45, 7) is 3.14. The van der Waals surface area contributed by atoms with E-state index in [9.17, 15) is 9.18 Å². The van der Waals surface area contributed by atoms with Crippen LogP contribution in [0, 0.1) is 29.0 Å². The maximum absolute atomic E-state index is 14.5. The Morgan fingerprint density at radius 2 is 1.79 bits per heavy atom. The fraction of sp³-hybridized carbons (Fsp3) is 0.560. The third kappa shape index (κ3) is 4.15. The summed E-state index contributed by atoms with van der Waals surface area (Å²) >= 11 is 5.90. The van der Waals surface area contributed by atoms with Gasteiger partial charge >= 0.3 is 0 Å². The fourth-order valence-electron chi connectivity index (χ4n) is 5.56. The average molecular weight is 472 g/mol. The molecule has 3 heterocycles. The number of carbonyl (C=O) groups is 1. The Labute approximate surface area is 197 Å². The SMILES string of the molecule is O=C(c1ccc(C2OCC3(CO2)C[C@@H]3C2CCN(c3ncc(Cl)cn3)CC2)cc1F)C1CC1. The molecule has 0 bridgehead atoms. The van der Waals surface area contributed by atoms with Crippen molar-refractivity contribution in [3.63, 3.8) is 0 Å². The summed E-state index contributed by atoms with van der Waals surface area (Å²) in [4.78, 5) is 23.1. The van der Waals surface area contributed by atoms with Crippen molar-refractivity contribution in [3.05, 3.63) is 52.6 Å². The Balaban J connectivity index is 1.03. The van der Waals surface area contributed by atoms with Crippen molar-refractivity contribution in [2.45, 2.75) is 38.4 Å². The van der Waals surface area contributed by atoms with Crippen LogP contribution in [0.25, 0.3) is 0 Å². The molecule has 0 radical (unpaired) electrons. The first-order chi connectivity index (χ1) is 16.0. The molecule has 1 aromatic carbocycles. The largest absolute Gasteiger partial charge is 0.348 e. The highest BCUT2D eigenvalue weighted by Gasteiger charge is 2.59. The maximum atomic E-state index is 14.5. The van der Waals surface area contributed by atoms with Gasteiger partial charge in [-0.05, 0) is 56.1 Å². The van der Waals surface area contributed by atoms with E-state index in [1.165, 1.54) is 6.07 Å². The van der Waals surface area contributed by atoms with Crippen molar-refractivity contribution in [1.29, 1.82) is 0 Å². The molecule has 0 amide bonds. The quantitative estimate of drug-likeness (QED) is 0.582. The molecule has 1 spiro atoms. The van der Waals surface area contributed by atoms with Crippen molar-refractivity contribution in [2.75, 3.05) is 31.2 Å². The molecule has 1 atom stereocenters. The van der Waals surface area contributed by atoms with E-state index < -0.39 is 12.1 Å². The van der Waals surface area contributed by atoms with Gasteiger partial charge in [-0.3, -0.25) is 4.79 Å². The van der Waals surface area contributed by atoms with Gasteiger partial charge in [0.1, 0.15) is 5.82 Å². The van der Waals surface area contributed by atoms with Crippen molar-refractivity contribution in [2.24, 2.45) is 23.2 Å². The van der Waals surface area contributed by atoms with Gasteiger partial charge in [-0.25, -0.2) is 14.4 Å². The van der Waals surface area contributed by atoms with E-state index in [-0.39, 0.29) is 22.7 Å². The number of carbonyl (C=O) groups excluding carboxylic acids is 1. The van der Waals surface area contributed by atoms with Crippen LogP contribution in [0.2, 0.25) is 5.02 Å². The van der Waals surface area contributed by atoms with Crippen molar-refractivity contribution in [1.82, 2.24) is 9.97 Å². The molecule has 2 aromatic rings. The number of ether oxygens (including phenoxy) is 2. The van der Waals surface area contributed by atoms with Gasteiger partial charge in [0, 0.05) is 30.0 Å². The van der Waals surface area contributed by atoms with Crippen LogP contribution in [0.1, 0.15) is 54.3 Å². The first-order valence-electron chi connectivity index (χ1n) is 11.8. The first kappa shape index (κ1) is 21.4. The number of nitrogens with zero attached hydrogens (tertiary/aromatic N) is 3. The van der Waals surface area contributed by atoms with Gasteiger partial charge in [-0.1, -0.05) is 17.7 Å². The number of Topliss-reactive ketones (excluding diaryl/α,β-unsaturated/α-hetero) is 1. The molecule has 6 rings (SSSR count). The molecule has 33 heavy (non-hydrogen) atoms. The van der Waals surface area contributed by atoms with Crippen LogP contribution in [0.5, 0.6) is 0 Å². The van der Waals surface area contributed by atoms with Gasteiger partial charge in [0.25, 0.3) is 0 Å². The van der Waals surface area contributed by atoms with Crippen molar-refractivity contribution >= 4 is 23.3 Å². The zero-order chi connectivity index (χ0) is 22.6. The highest BCUT2D eigenvalue weighted by atomic mass is 35.5. The van der Waals surface area contributed by atoms with Crippen LogP contribution in [0.4, 0.5) is 10.3 Å². The first-order valence-corrected chi connectivity index (χ1v) is 12.2. The standard InChI is InChI=1S/C25H27ClFN3O3/c26-18-11-28-24(29-12-18)30-7-5-15(6-8-30)20-10-25(20)13-32-23(33-14-25)17-3-4-19(21(27)9-17)22(31)16-1-2-16/h3-4,9,11-12,15-16,20,23H,1-2,5-8,10,13-14H2/t20-,23?,25?/m1/s1. The monoisotopic (exact) mass is 471 g/mol. The highest BCUT2D eigenvalue weighted by Crippen LogP contribution is 2.61. The van der Waals surface area contributed by atoms with Gasteiger partial charge in [-0.15, -0.1) is 0 Å². The van der Waals surface area contributed by atoms with Crippen LogP contribution in [-0.4, -0.2) is 42.1 Å². The lowest BCUT2D eigenvalue weighted by molar-refractivity contribution is -0.216. The predicted molar refractivity (Wildman–Crippen MR) is 121 cm³/mol. The van der Waals surface area contributed by atoms with E-state index in [1.807, 2.05) is 0 Å². The van der Waals surface area contributed by atoms with Gasteiger partial charge in [-0.2, -0.15) is 0 Å².